The summed E-state index contributed by atoms with van der Waals surface area (Å²) < 4.78 is 5.48. The van der Waals surface area contributed by atoms with E-state index in [0.29, 0.717) is 17.0 Å². The summed E-state index contributed by atoms with van der Waals surface area (Å²) in [4.78, 5) is 24.8. The number of nitrogens with zero attached hydrogens (tertiary/aromatic N) is 4. The van der Waals surface area contributed by atoms with Gasteiger partial charge in [-0.2, -0.15) is 0 Å². The molecule has 1 aliphatic heterocycles. The number of piperazine rings is 1. The largest absolute Gasteiger partial charge is 0.458 e. The number of aliphatic hydroxyl groups is 1. The number of fused-ring (bicyclic) bond motifs is 1. The molecule has 8 heteroatoms. The molecule has 181 valence electrons. The van der Waals surface area contributed by atoms with E-state index in [2.05, 4.69) is 39.7 Å². The highest BCUT2D eigenvalue weighted by molar-refractivity contribution is 6.29. The Kier molecular flexibility index (Phi) is 7.32. The average molecular weight is 476 g/mol. The lowest BCUT2D eigenvalue weighted by Gasteiger charge is -2.53. The molecule has 6 atom stereocenters. The number of ether oxygens (including phenoxy) is 1. The van der Waals surface area contributed by atoms with Crippen molar-refractivity contribution in [3.8, 4) is 0 Å². The molecule has 1 aromatic heterocycles. The first kappa shape index (κ1) is 24.4. The highest BCUT2D eigenvalue weighted by Gasteiger charge is 2.53. The predicted octanol–water partition coefficient (Wildman–Crippen LogP) is 3.38. The smallest absolute Gasteiger partial charge is 0.303 e. The second kappa shape index (κ2) is 9.88. The van der Waals surface area contributed by atoms with Crippen LogP contribution in [0, 0.1) is 30.1 Å². The first-order valence-electron chi connectivity index (χ1n) is 12.1. The van der Waals surface area contributed by atoms with Crippen LogP contribution in [0.1, 0.15) is 40.5 Å². The number of aromatic nitrogens is 2. The lowest BCUT2D eigenvalue weighted by molar-refractivity contribution is -0.148. The Hall–Kier alpha value is -1.70. The molecule has 1 saturated heterocycles. The van der Waals surface area contributed by atoms with Crippen LogP contribution in [0.5, 0.6) is 0 Å². The number of hydrogen-bond acceptors (Lipinski definition) is 7. The van der Waals surface area contributed by atoms with E-state index in [4.69, 9.17) is 16.3 Å². The fourth-order valence-electron chi connectivity index (χ4n) is 5.94. The van der Waals surface area contributed by atoms with E-state index < -0.39 is 11.7 Å². The maximum absolute atomic E-state index is 11.7. The quantitative estimate of drug-likeness (QED) is 0.516. The van der Waals surface area contributed by atoms with Crippen molar-refractivity contribution in [3.05, 3.63) is 35.6 Å². The van der Waals surface area contributed by atoms with Gasteiger partial charge in [0, 0.05) is 52.0 Å². The van der Waals surface area contributed by atoms with Crippen molar-refractivity contribution in [2.45, 2.75) is 52.2 Å². The summed E-state index contributed by atoms with van der Waals surface area (Å²) in [5, 5.41) is 12.2. The predicted molar refractivity (Wildman–Crippen MR) is 129 cm³/mol. The lowest BCUT2D eigenvalue weighted by Crippen LogP contribution is -2.57. The van der Waals surface area contributed by atoms with Crippen LogP contribution < -0.4 is 4.90 Å². The van der Waals surface area contributed by atoms with Crippen LogP contribution in [0.4, 0.5) is 5.82 Å². The van der Waals surface area contributed by atoms with E-state index in [1.165, 1.54) is 6.92 Å². The number of esters is 1. The van der Waals surface area contributed by atoms with E-state index in [-0.39, 0.29) is 17.8 Å². The summed E-state index contributed by atoms with van der Waals surface area (Å²) >= 11 is 6.01. The summed E-state index contributed by atoms with van der Waals surface area (Å²) in [6.45, 7) is 12.6. The highest BCUT2D eigenvalue weighted by Crippen LogP contribution is 2.50. The highest BCUT2D eigenvalue weighted by atomic mass is 35.5. The summed E-state index contributed by atoms with van der Waals surface area (Å²) in [6, 6.07) is 0. The fourth-order valence-corrected chi connectivity index (χ4v) is 6.08. The molecule has 1 unspecified atom stereocenters. The molecule has 0 bridgehead atoms. The van der Waals surface area contributed by atoms with Gasteiger partial charge in [0.25, 0.3) is 0 Å². The zero-order valence-electron chi connectivity index (χ0n) is 20.1. The third kappa shape index (κ3) is 5.20. The Morgan fingerprint density at radius 3 is 2.70 bits per heavy atom. The first-order chi connectivity index (χ1) is 15.7. The van der Waals surface area contributed by atoms with E-state index in [9.17, 15) is 9.90 Å². The molecule has 2 aliphatic carbocycles. The Balaban J connectivity index is 1.40. The third-order valence-electron chi connectivity index (χ3n) is 7.89. The number of hydrogen-bond donors (Lipinski definition) is 1. The first-order valence-corrected chi connectivity index (χ1v) is 12.4. The van der Waals surface area contributed by atoms with Gasteiger partial charge in [0.1, 0.15) is 17.1 Å². The molecule has 1 N–H and O–H groups in total. The number of anilines is 1. The van der Waals surface area contributed by atoms with Crippen molar-refractivity contribution in [2.24, 2.45) is 23.7 Å². The Labute approximate surface area is 202 Å². The number of rotatable bonds is 5. The standard InChI is InChI=1S/C25H36ClN4O3/c1-16-11-21-20(6-5-18(3)25(21,32)12-22(16)33-19(4)31)17(2)15-29-7-9-30(10-8-29)24-14-27-13-23(26)28-24/h11-14,17-18,20-22,32H,5-10,15H2,1-4H3/t17?,18-,20+,21-,22-,25-/m1/s1. The van der Waals surface area contributed by atoms with E-state index in [1.54, 1.807) is 12.4 Å². The van der Waals surface area contributed by atoms with Crippen molar-refractivity contribution in [3.63, 3.8) is 0 Å². The van der Waals surface area contributed by atoms with Gasteiger partial charge in [-0.05, 0) is 43.1 Å². The molecule has 3 aliphatic rings. The van der Waals surface area contributed by atoms with Crippen molar-refractivity contribution in [1.82, 2.24) is 14.9 Å². The Bertz CT molecular complexity index is 888. The maximum Gasteiger partial charge on any atom is 0.303 e. The molecular weight excluding hydrogens is 440 g/mol. The van der Waals surface area contributed by atoms with Gasteiger partial charge in [-0.15, -0.1) is 0 Å². The van der Waals surface area contributed by atoms with Gasteiger partial charge >= 0.3 is 5.97 Å². The molecule has 0 aromatic carbocycles. The van der Waals surface area contributed by atoms with Gasteiger partial charge in [-0.3, -0.25) is 14.7 Å². The molecule has 0 amide bonds. The fraction of sp³-hybridized carbons (Fsp3) is 0.680. The van der Waals surface area contributed by atoms with Crippen LogP contribution in [0.2, 0.25) is 5.15 Å². The second-order valence-corrected chi connectivity index (χ2v) is 10.5. The van der Waals surface area contributed by atoms with Crippen LogP contribution >= 0.6 is 11.6 Å². The summed E-state index contributed by atoms with van der Waals surface area (Å²) in [5.41, 5.74) is 0.0724. The molecule has 1 saturated carbocycles. The van der Waals surface area contributed by atoms with Crippen LogP contribution in [0.25, 0.3) is 0 Å². The van der Waals surface area contributed by atoms with Crippen LogP contribution in [-0.4, -0.2) is 70.4 Å². The molecule has 2 fully saturated rings. The maximum atomic E-state index is 11.7. The van der Waals surface area contributed by atoms with Crippen LogP contribution in [-0.2, 0) is 9.53 Å². The normalized spacial score (nSPS) is 33.8. The van der Waals surface area contributed by atoms with Gasteiger partial charge in [0.2, 0.25) is 0 Å². The summed E-state index contributed by atoms with van der Waals surface area (Å²) in [6.07, 6.45) is 9.03. The number of carbonyl (C=O) groups excluding carboxylic acids is 1. The molecule has 33 heavy (non-hydrogen) atoms. The zero-order chi connectivity index (χ0) is 23.8. The number of carbonyl (C=O) groups is 1. The van der Waals surface area contributed by atoms with E-state index >= 15 is 0 Å². The van der Waals surface area contributed by atoms with E-state index in [1.807, 2.05) is 13.3 Å². The van der Waals surface area contributed by atoms with Crippen LogP contribution in [0.3, 0.4) is 0 Å². The molecule has 1 aromatic rings. The summed E-state index contributed by atoms with van der Waals surface area (Å²) in [5.74, 6) is 1.52. The molecule has 4 rings (SSSR count). The minimum atomic E-state index is -0.944. The molecule has 2 heterocycles. The summed E-state index contributed by atoms with van der Waals surface area (Å²) in [7, 11) is 0. The Morgan fingerprint density at radius 1 is 1.30 bits per heavy atom. The van der Waals surface area contributed by atoms with Gasteiger partial charge < -0.3 is 14.7 Å². The van der Waals surface area contributed by atoms with Crippen molar-refractivity contribution in [2.75, 3.05) is 37.6 Å². The molecular formula is C25H36ClN4O3. The van der Waals surface area contributed by atoms with Crippen molar-refractivity contribution >= 4 is 23.4 Å². The monoisotopic (exact) mass is 475 g/mol. The molecule has 0 spiro atoms. The van der Waals surface area contributed by atoms with Crippen molar-refractivity contribution in [1.29, 1.82) is 0 Å². The molecule has 1 radical (unpaired) electrons. The van der Waals surface area contributed by atoms with E-state index in [0.717, 1.165) is 57.0 Å². The lowest BCUT2D eigenvalue weighted by atomic mass is 9.57. The van der Waals surface area contributed by atoms with Gasteiger partial charge in [0.05, 0.1) is 18.0 Å². The van der Waals surface area contributed by atoms with Gasteiger partial charge in [-0.1, -0.05) is 31.5 Å². The molecule has 7 nitrogen and oxygen atoms in total. The van der Waals surface area contributed by atoms with Gasteiger partial charge in [-0.25, -0.2) is 4.98 Å². The van der Waals surface area contributed by atoms with Crippen LogP contribution in [0.15, 0.2) is 24.0 Å². The number of halogens is 1. The minimum absolute atomic E-state index is 0.0473. The third-order valence-corrected chi connectivity index (χ3v) is 8.07. The Morgan fingerprint density at radius 2 is 2.03 bits per heavy atom. The average Bonchev–Trinajstić information content (AvgIpc) is 2.76. The topological polar surface area (TPSA) is 78.8 Å². The minimum Gasteiger partial charge on any atom is -0.458 e. The zero-order valence-corrected chi connectivity index (χ0v) is 20.8. The SMILES string of the molecule is CC(=O)O[C@@H]1[CH][C@@]2(O)[C@H](C)CC[C@@H](C(C)CN3CCN(c4cncc(Cl)n4)CC3)[C@H]2C=C1C. The van der Waals surface area contributed by atoms with Gasteiger partial charge in [0.15, 0.2) is 0 Å². The van der Waals surface area contributed by atoms with Crippen molar-refractivity contribution < 1.29 is 14.6 Å². The second-order valence-electron chi connectivity index (χ2n) is 10.1.